The Balaban J connectivity index is 2.61. The smallest absolute Gasteiger partial charge is 0.237 e. The summed E-state index contributed by atoms with van der Waals surface area (Å²) in [6.07, 6.45) is 3.19. The second-order valence-electron chi connectivity index (χ2n) is 4.28. The molecule has 2 unspecified atom stereocenters. The molecule has 0 spiro atoms. The molecule has 1 rings (SSSR count). The molecule has 0 bridgehead atoms. The molecule has 0 radical (unpaired) electrons. The molecule has 0 aliphatic heterocycles. The number of primary amides is 1. The Morgan fingerprint density at radius 3 is 3.12 bits per heavy atom. The van der Waals surface area contributed by atoms with E-state index in [2.05, 4.69) is 15.3 Å². The van der Waals surface area contributed by atoms with E-state index >= 15 is 0 Å². The van der Waals surface area contributed by atoms with E-state index in [1.807, 2.05) is 0 Å². The molecule has 1 saturated carbocycles. The summed E-state index contributed by atoms with van der Waals surface area (Å²) in [6.45, 7) is 0.757. The highest BCUT2D eigenvalue weighted by molar-refractivity contribution is 5.84. The van der Waals surface area contributed by atoms with Crippen molar-refractivity contribution >= 4 is 5.91 Å². The first-order valence-corrected chi connectivity index (χ1v) is 5.73. The number of hydrogen-bond donors (Lipinski definition) is 2. The molecule has 0 heterocycles. The zero-order valence-electron chi connectivity index (χ0n) is 10.1. The van der Waals surface area contributed by atoms with Gasteiger partial charge in [-0.1, -0.05) is 5.11 Å². The Morgan fingerprint density at radius 1 is 1.76 bits per heavy atom. The van der Waals surface area contributed by atoms with Gasteiger partial charge in [0.1, 0.15) is 5.54 Å². The van der Waals surface area contributed by atoms with Gasteiger partial charge >= 0.3 is 0 Å². The van der Waals surface area contributed by atoms with Crippen molar-refractivity contribution in [2.45, 2.75) is 37.3 Å². The van der Waals surface area contributed by atoms with Gasteiger partial charge in [0, 0.05) is 31.5 Å². The average molecular weight is 241 g/mol. The van der Waals surface area contributed by atoms with Gasteiger partial charge in [0.05, 0.1) is 6.10 Å². The number of hydrogen-bond acceptors (Lipinski definition) is 4. The van der Waals surface area contributed by atoms with Crippen LogP contribution in [0.15, 0.2) is 5.11 Å². The Hall–Kier alpha value is -1.30. The molecule has 0 aromatic rings. The fraction of sp³-hybridized carbons (Fsp3) is 0.900. The van der Waals surface area contributed by atoms with E-state index in [1.165, 1.54) is 0 Å². The lowest BCUT2D eigenvalue weighted by atomic mass is 9.79. The van der Waals surface area contributed by atoms with Gasteiger partial charge in [0.2, 0.25) is 5.91 Å². The first kappa shape index (κ1) is 13.8. The van der Waals surface area contributed by atoms with Gasteiger partial charge in [0.15, 0.2) is 0 Å². The van der Waals surface area contributed by atoms with Gasteiger partial charge < -0.3 is 15.8 Å². The zero-order chi connectivity index (χ0) is 12.7. The average Bonchev–Trinajstić information content (AvgIpc) is 2.35. The molecule has 1 amide bonds. The van der Waals surface area contributed by atoms with Gasteiger partial charge in [-0.25, -0.2) is 0 Å². The Kier molecular flexibility index (Phi) is 5.21. The second-order valence-corrected chi connectivity index (χ2v) is 4.28. The molecule has 96 valence electrons. The summed E-state index contributed by atoms with van der Waals surface area (Å²) >= 11 is 0. The van der Waals surface area contributed by atoms with E-state index in [0.717, 1.165) is 12.8 Å². The Bertz CT molecular complexity index is 316. The maximum atomic E-state index is 11.6. The normalized spacial score (nSPS) is 28.4. The number of nitrogens with zero attached hydrogens (tertiary/aromatic N) is 3. The third-order valence-corrected chi connectivity index (χ3v) is 3.25. The third-order valence-electron chi connectivity index (χ3n) is 3.25. The lowest BCUT2D eigenvalue weighted by molar-refractivity contribution is -0.127. The van der Waals surface area contributed by atoms with Crippen molar-refractivity contribution in [2.24, 2.45) is 10.8 Å². The maximum Gasteiger partial charge on any atom is 0.237 e. The van der Waals surface area contributed by atoms with Crippen molar-refractivity contribution in [1.29, 1.82) is 0 Å². The van der Waals surface area contributed by atoms with Crippen LogP contribution in [0.2, 0.25) is 0 Å². The summed E-state index contributed by atoms with van der Waals surface area (Å²) in [4.78, 5) is 14.3. The zero-order valence-corrected chi connectivity index (χ0v) is 10.1. The number of carbonyl (C=O) groups is 1. The van der Waals surface area contributed by atoms with Crippen LogP contribution in [-0.4, -0.2) is 37.7 Å². The number of azide groups is 1. The van der Waals surface area contributed by atoms with E-state index in [-0.39, 0.29) is 12.0 Å². The number of amides is 1. The van der Waals surface area contributed by atoms with Crippen LogP contribution < -0.4 is 11.1 Å². The second kappa shape index (κ2) is 6.44. The van der Waals surface area contributed by atoms with Crippen molar-refractivity contribution < 1.29 is 9.53 Å². The van der Waals surface area contributed by atoms with Crippen molar-refractivity contribution in [3.05, 3.63) is 10.4 Å². The number of carbonyl (C=O) groups excluding carboxylic acids is 1. The molecule has 1 fully saturated rings. The predicted octanol–water partition coefficient (Wildman–Crippen LogP) is 0.699. The highest BCUT2D eigenvalue weighted by Crippen LogP contribution is 2.29. The molecule has 17 heavy (non-hydrogen) atoms. The highest BCUT2D eigenvalue weighted by Gasteiger charge is 2.40. The summed E-state index contributed by atoms with van der Waals surface area (Å²) in [6, 6.07) is 0. The van der Waals surface area contributed by atoms with Gasteiger partial charge in [-0.05, 0) is 24.8 Å². The van der Waals surface area contributed by atoms with E-state index in [4.69, 9.17) is 16.0 Å². The first-order chi connectivity index (χ1) is 8.14. The van der Waals surface area contributed by atoms with Gasteiger partial charge in [0.25, 0.3) is 0 Å². The summed E-state index contributed by atoms with van der Waals surface area (Å²) in [7, 11) is 1.64. The van der Waals surface area contributed by atoms with Gasteiger partial charge in [-0.15, -0.1) is 0 Å². The van der Waals surface area contributed by atoms with Crippen LogP contribution in [0.4, 0.5) is 0 Å². The number of methoxy groups -OCH3 is 1. The van der Waals surface area contributed by atoms with Crippen LogP contribution >= 0.6 is 0 Å². The van der Waals surface area contributed by atoms with E-state index < -0.39 is 5.54 Å². The van der Waals surface area contributed by atoms with Crippen molar-refractivity contribution in [2.75, 3.05) is 20.2 Å². The third kappa shape index (κ3) is 3.59. The molecule has 7 nitrogen and oxygen atoms in total. The SMILES string of the molecule is COC1CCCC(NCCN=[N+]=[N-])(C(N)=O)C1. The number of ether oxygens (including phenoxy) is 1. The molecule has 3 N–H and O–H groups in total. The van der Waals surface area contributed by atoms with Crippen LogP contribution in [-0.2, 0) is 9.53 Å². The fourth-order valence-corrected chi connectivity index (χ4v) is 2.29. The lowest BCUT2D eigenvalue weighted by Gasteiger charge is -2.38. The molecule has 0 aromatic carbocycles. The fourth-order valence-electron chi connectivity index (χ4n) is 2.29. The Morgan fingerprint density at radius 2 is 2.53 bits per heavy atom. The van der Waals surface area contributed by atoms with E-state index in [1.54, 1.807) is 7.11 Å². The molecule has 1 aliphatic rings. The summed E-state index contributed by atoms with van der Waals surface area (Å²) in [5.74, 6) is -0.361. The van der Waals surface area contributed by atoms with Gasteiger partial charge in [-0.2, -0.15) is 0 Å². The largest absolute Gasteiger partial charge is 0.381 e. The van der Waals surface area contributed by atoms with Crippen LogP contribution in [0, 0.1) is 0 Å². The minimum Gasteiger partial charge on any atom is -0.381 e. The molecule has 1 aliphatic carbocycles. The van der Waals surface area contributed by atoms with Crippen molar-refractivity contribution in [1.82, 2.24) is 5.32 Å². The molecule has 0 aromatic heterocycles. The summed E-state index contributed by atoms with van der Waals surface area (Å²) < 4.78 is 5.29. The number of nitrogens with one attached hydrogen (secondary N) is 1. The van der Waals surface area contributed by atoms with E-state index in [9.17, 15) is 4.79 Å². The van der Waals surface area contributed by atoms with Crippen molar-refractivity contribution in [3.8, 4) is 0 Å². The van der Waals surface area contributed by atoms with Crippen LogP contribution in [0.1, 0.15) is 25.7 Å². The summed E-state index contributed by atoms with van der Waals surface area (Å²) in [5, 5.41) is 6.53. The molecular weight excluding hydrogens is 222 g/mol. The van der Waals surface area contributed by atoms with Crippen LogP contribution in [0.3, 0.4) is 0 Å². The monoisotopic (exact) mass is 241 g/mol. The van der Waals surface area contributed by atoms with Crippen molar-refractivity contribution in [3.63, 3.8) is 0 Å². The number of nitrogens with two attached hydrogens (primary N) is 1. The van der Waals surface area contributed by atoms with Crippen LogP contribution in [0.25, 0.3) is 10.4 Å². The molecule has 2 atom stereocenters. The molecular formula is C10H19N5O2. The standard InChI is InChI=1S/C10H19N5O2/c1-17-8-3-2-4-10(7-8,9(11)16)13-5-6-14-15-12/h8,13H,2-7H2,1H3,(H2,11,16). The van der Waals surface area contributed by atoms with Gasteiger partial charge in [-0.3, -0.25) is 4.79 Å². The number of rotatable bonds is 6. The topological polar surface area (TPSA) is 113 Å². The summed E-state index contributed by atoms with van der Waals surface area (Å²) in [5.41, 5.74) is 12.9. The lowest BCUT2D eigenvalue weighted by Crippen LogP contribution is -2.59. The minimum atomic E-state index is -0.718. The first-order valence-electron chi connectivity index (χ1n) is 5.73. The van der Waals surface area contributed by atoms with E-state index in [0.29, 0.717) is 25.9 Å². The molecule has 0 saturated heterocycles. The maximum absolute atomic E-state index is 11.6. The van der Waals surface area contributed by atoms with Crippen LogP contribution in [0.5, 0.6) is 0 Å². The molecule has 7 heteroatoms. The predicted molar refractivity (Wildman–Crippen MR) is 63.2 cm³/mol. The highest BCUT2D eigenvalue weighted by atomic mass is 16.5. The Labute approximate surface area is 100 Å². The quantitative estimate of drug-likeness (QED) is 0.309. The minimum absolute atomic E-state index is 0.0585.